The summed E-state index contributed by atoms with van der Waals surface area (Å²) in [7, 11) is 0. The molecule has 0 atom stereocenters. The van der Waals surface area contributed by atoms with E-state index < -0.39 is 30.0 Å². The van der Waals surface area contributed by atoms with Crippen LogP contribution >= 0.6 is 22.9 Å². The fraction of sp³-hybridized carbons (Fsp3) is 0.0588. The van der Waals surface area contributed by atoms with Crippen LogP contribution in [-0.2, 0) is 4.74 Å². The zero-order valence-electron chi connectivity index (χ0n) is 12.0. The number of carbonyl (C=O) groups is 2. The van der Waals surface area contributed by atoms with E-state index in [0.29, 0.717) is 10.1 Å². The quantitative estimate of drug-likeness (QED) is 0.488. The molecule has 0 aliphatic rings. The Bertz CT molecular complexity index is 952. The monoisotopic (exact) mass is 366 g/mol. The number of fused-ring (bicyclic) bond motifs is 1. The van der Waals surface area contributed by atoms with Gasteiger partial charge < -0.3 is 4.74 Å². The van der Waals surface area contributed by atoms with Crippen molar-refractivity contribution in [3.63, 3.8) is 0 Å². The van der Waals surface area contributed by atoms with Crippen molar-refractivity contribution in [1.29, 1.82) is 0 Å². The van der Waals surface area contributed by atoms with Crippen LogP contribution in [-0.4, -0.2) is 18.4 Å². The Balaban J connectivity index is 1.76. The van der Waals surface area contributed by atoms with Crippen LogP contribution < -0.4 is 0 Å². The van der Waals surface area contributed by atoms with Crippen molar-refractivity contribution in [2.75, 3.05) is 6.61 Å². The van der Waals surface area contributed by atoms with Gasteiger partial charge in [0.05, 0.1) is 5.02 Å². The van der Waals surface area contributed by atoms with Gasteiger partial charge in [0.2, 0.25) is 0 Å². The molecule has 7 heteroatoms. The number of hydrogen-bond acceptors (Lipinski definition) is 4. The normalized spacial score (nSPS) is 10.8. The maximum Gasteiger partial charge on any atom is 0.350 e. The Morgan fingerprint density at radius 1 is 1.08 bits per heavy atom. The van der Waals surface area contributed by atoms with Gasteiger partial charge in [-0.25, -0.2) is 13.6 Å². The number of rotatable bonds is 4. The minimum atomic E-state index is -0.786. The Labute approximate surface area is 144 Å². The third-order valence-corrected chi connectivity index (χ3v) is 4.90. The Morgan fingerprint density at radius 2 is 1.83 bits per heavy atom. The largest absolute Gasteiger partial charge is 0.453 e. The number of thiophene rings is 1. The number of halogens is 3. The highest BCUT2D eigenvalue weighted by molar-refractivity contribution is 7.21. The molecular weight excluding hydrogens is 358 g/mol. The first-order chi connectivity index (χ1) is 11.5. The molecule has 0 unspecified atom stereocenters. The number of esters is 1. The summed E-state index contributed by atoms with van der Waals surface area (Å²) in [4.78, 5) is 24.1. The average Bonchev–Trinajstić information content (AvgIpc) is 2.88. The van der Waals surface area contributed by atoms with Crippen molar-refractivity contribution < 1.29 is 23.1 Å². The third-order valence-electron chi connectivity index (χ3n) is 3.26. The first kappa shape index (κ1) is 16.5. The van der Waals surface area contributed by atoms with Gasteiger partial charge in [-0.15, -0.1) is 11.3 Å². The molecular formula is C17H9ClF2O3S. The van der Waals surface area contributed by atoms with Crippen LogP contribution in [0.4, 0.5) is 8.78 Å². The second-order valence-electron chi connectivity index (χ2n) is 4.90. The maximum absolute atomic E-state index is 13.2. The molecule has 1 heterocycles. The maximum atomic E-state index is 13.2. The molecule has 0 spiro atoms. The molecule has 3 nitrogen and oxygen atoms in total. The molecule has 0 fully saturated rings. The van der Waals surface area contributed by atoms with Crippen LogP contribution in [0.3, 0.4) is 0 Å². The van der Waals surface area contributed by atoms with Gasteiger partial charge in [0.25, 0.3) is 0 Å². The second kappa shape index (κ2) is 6.67. The number of benzene rings is 2. The fourth-order valence-electron chi connectivity index (χ4n) is 2.11. The molecule has 0 aliphatic heterocycles. The summed E-state index contributed by atoms with van der Waals surface area (Å²) in [5, 5.41) is 0.685. The lowest BCUT2D eigenvalue weighted by Gasteiger charge is -2.03. The predicted molar refractivity (Wildman–Crippen MR) is 87.8 cm³/mol. The Kier molecular flexibility index (Phi) is 4.59. The number of ether oxygens (including phenoxy) is 1. The lowest BCUT2D eigenvalue weighted by Crippen LogP contribution is -2.13. The van der Waals surface area contributed by atoms with Crippen molar-refractivity contribution in [1.82, 2.24) is 0 Å². The van der Waals surface area contributed by atoms with Gasteiger partial charge in [0.1, 0.15) is 16.5 Å². The van der Waals surface area contributed by atoms with Crippen LogP contribution in [0, 0.1) is 11.6 Å². The van der Waals surface area contributed by atoms with Crippen molar-refractivity contribution in [2.45, 2.75) is 0 Å². The lowest BCUT2D eigenvalue weighted by atomic mass is 10.1. The molecule has 1 aromatic heterocycles. The zero-order valence-corrected chi connectivity index (χ0v) is 13.6. The molecule has 0 radical (unpaired) electrons. The van der Waals surface area contributed by atoms with Gasteiger partial charge in [0, 0.05) is 15.6 Å². The Hall–Kier alpha value is -2.31. The zero-order chi connectivity index (χ0) is 17.3. The Morgan fingerprint density at radius 3 is 2.58 bits per heavy atom. The van der Waals surface area contributed by atoms with E-state index in [-0.39, 0.29) is 15.5 Å². The highest BCUT2D eigenvalue weighted by Crippen LogP contribution is 2.36. The number of hydrogen-bond donors (Lipinski definition) is 0. The number of Topliss-reactive ketones (excluding diaryl/α,β-unsaturated/α-hetero) is 1. The predicted octanol–water partition coefficient (Wildman–Crippen LogP) is 4.87. The van der Waals surface area contributed by atoms with Crippen LogP contribution in [0.2, 0.25) is 5.02 Å². The minimum Gasteiger partial charge on any atom is -0.453 e. The minimum absolute atomic E-state index is 0.0873. The molecule has 0 saturated heterocycles. The molecule has 122 valence electrons. The van der Waals surface area contributed by atoms with Crippen LogP contribution in [0.1, 0.15) is 20.0 Å². The van der Waals surface area contributed by atoms with E-state index in [0.717, 1.165) is 17.4 Å². The molecule has 0 N–H and O–H groups in total. The van der Waals surface area contributed by atoms with Crippen molar-refractivity contribution >= 4 is 44.8 Å². The van der Waals surface area contributed by atoms with Gasteiger partial charge >= 0.3 is 5.97 Å². The van der Waals surface area contributed by atoms with Gasteiger partial charge in [0.15, 0.2) is 12.4 Å². The topological polar surface area (TPSA) is 43.4 Å². The second-order valence-corrected chi connectivity index (χ2v) is 6.33. The van der Waals surface area contributed by atoms with Crippen LogP contribution in [0.5, 0.6) is 0 Å². The third kappa shape index (κ3) is 3.29. The molecule has 0 aliphatic carbocycles. The SMILES string of the molecule is O=C(COC(=O)c1sc2cc(F)ccc2c1Cl)c1cccc(F)c1. The number of carbonyl (C=O) groups excluding carboxylic acids is 2. The first-order valence-corrected chi connectivity index (χ1v) is 7.98. The molecule has 24 heavy (non-hydrogen) atoms. The summed E-state index contributed by atoms with van der Waals surface area (Å²) in [6, 6.07) is 9.06. The van der Waals surface area contributed by atoms with E-state index in [1.54, 1.807) is 0 Å². The average molecular weight is 367 g/mol. The van der Waals surface area contributed by atoms with E-state index in [4.69, 9.17) is 16.3 Å². The van der Waals surface area contributed by atoms with E-state index in [9.17, 15) is 18.4 Å². The van der Waals surface area contributed by atoms with Crippen LogP contribution in [0.15, 0.2) is 42.5 Å². The van der Waals surface area contributed by atoms with Crippen molar-refractivity contribution in [3.8, 4) is 0 Å². The molecule has 0 saturated carbocycles. The molecule has 0 amide bonds. The summed E-state index contributed by atoms with van der Waals surface area (Å²) in [6.07, 6.45) is 0. The molecule has 3 aromatic rings. The van der Waals surface area contributed by atoms with E-state index >= 15 is 0 Å². The van der Waals surface area contributed by atoms with Crippen molar-refractivity contribution in [3.05, 3.63) is 69.6 Å². The van der Waals surface area contributed by atoms with Gasteiger partial charge in [-0.3, -0.25) is 4.79 Å². The summed E-state index contributed by atoms with van der Waals surface area (Å²) >= 11 is 7.09. The van der Waals surface area contributed by atoms with Gasteiger partial charge in [-0.1, -0.05) is 23.7 Å². The van der Waals surface area contributed by atoms with E-state index in [1.165, 1.54) is 36.4 Å². The van der Waals surface area contributed by atoms with Crippen molar-refractivity contribution in [2.24, 2.45) is 0 Å². The summed E-state index contributed by atoms with van der Waals surface area (Å²) in [5.74, 6) is -2.32. The fourth-order valence-corrected chi connectivity index (χ4v) is 3.54. The lowest BCUT2D eigenvalue weighted by molar-refractivity contribution is 0.0480. The van der Waals surface area contributed by atoms with E-state index in [1.807, 2.05) is 0 Å². The molecule has 0 bridgehead atoms. The van der Waals surface area contributed by atoms with Gasteiger partial charge in [-0.2, -0.15) is 0 Å². The van der Waals surface area contributed by atoms with E-state index in [2.05, 4.69) is 0 Å². The molecule has 3 rings (SSSR count). The smallest absolute Gasteiger partial charge is 0.350 e. The summed E-state index contributed by atoms with van der Waals surface area (Å²) in [5.41, 5.74) is 0.104. The summed E-state index contributed by atoms with van der Waals surface area (Å²) in [6.45, 7) is -0.540. The number of ketones is 1. The molecule has 2 aromatic carbocycles. The van der Waals surface area contributed by atoms with Gasteiger partial charge in [-0.05, 0) is 30.3 Å². The van der Waals surface area contributed by atoms with Crippen LogP contribution in [0.25, 0.3) is 10.1 Å². The first-order valence-electron chi connectivity index (χ1n) is 6.79. The highest BCUT2D eigenvalue weighted by Gasteiger charge is 2.20. The highest BCUT2D eigenvalue weighted by atomic mass is 35.5. The summed E-state index contributed by atoms with van der Waals surface area (Å²) < 4.78 is 31.8. The standard InChI is InChI=1S/C17H9ClF2O3S/c18-15-12-5-4-11(20)7-14(12)24-16(15)17(22)23-8-13(21)9-2-1-3-10(19)6-9/h1-7H,8H2.